The summed E-state index contributed by atoms with van der Waals surface area (Å²) in [7, 11) is 3.17. The highest BCUT2D eigenvalue weighted by Crippen LogP contribution is 2.41. The van der Waals surface area contributed by atoms with Crippen molar-refractivity contribution in [1.82, 2.24) is 5.32 Å². The molecule has 0 aliphatic carbocycles. The van der Waals surface area contributed by atoms with E-state index in [1.165, 1.54) is 0 Å². The second-order valence-electron chi connectivity index (χ2n) is 6.47. The predicted molar refractivity (Wildman–Crippen MR) is 110 cm³/mol. The summed E-state index contributed by atoms with van der Waals surface area (Å²) in [4.78, 5) is 24.5. The van der Waals surface area contributed by atoms with E-state index in [2.05, 4.69) is 5.32 Å². The molecular formula is C22H25NO8. The average molecular weight is 431 g/mol. The molecule has 2 amide bonds. The first kappa shape index (κ1) is 22.7. The molecule has 166 valence electrons. The summed E-state index contributed by atoms with van der Waals surface area (Å²) < 4.78 is 32.3. The second-order valence-corrected chi connectivity index (χ2v) is 6.47. The number of nitrogens with one attached hydrogen (secondary N) is 1. The van der Waals surface area contributed by atoms with Gasteiger partial charge < -0.3 is 28.4 Å². The van der Waals surface area contributed by atoms with Crippen LogP contribution in [0.5, 0.6) is 11.5 Å². The molecule has 0 saturated heterocycles. The number of carbonyl (C=O) groups excluding carboxylic acids is 2. The minimum Gasteiger partial charge on any atom is -0.464 e. The molecule has 1 heterocycles. The van der Waals surface area contributed by atoms with Gasteiger partial charge in [0.25, 0.3) is 11.8 Å². The Bertz CT molecular complexity index is 914. The zero-order valence-electron chi connectivity index (χ0n) is 17.5. The molecule has 3 rings (SSSR count). The lowest BCUT2D eigenvalue weighted by Gasteiger charge is -2.17. The summed E-state index contributed by atoms with van der Waals surface area (Å²) in [6.07, 6.45) is 0. The molecule has 0 saturated carbocycles. The van der Waals surface area contributed by atoms with Gasteiger partial charge >= 0.3 is 0 Å². The number of para-hydroxylation sites is 1. The fourth-order valence-electron chi connectivity index (χ4n) is 3.04. The van der Waals surface area contributed by atoms with E-state index in [-0.39, 0.29) is 13.6 Å². The molecule has 0 spiro atoms. The second kappa shape index (κ2) is 11.4. The standard InChI is InChI=1S/C22H25NO8/c1-26-9-11-28-13-30-18-8-4-6-16(20(18)31-14-29-12-10-27-2)15-5-3-7-17-19(15)22(25)23-21(17)24/h3-8H,9-14H2,1-2H3,(H,23,24,25). The van der Waals surface area contributed by atoms with Crippen LogP contribution < -0.4 is 14.8 Å². The molecule has 0 atom stereocenters. The number of rotatable bonds is 13. The number of imide groups is 1. The topological polar surface area (TPSA) is 102 Å². The van der Waals surface area contributed by atoms with Gasteiger partial charge in [0.05, 0.1) is 37.6 Å². The highest BCUT2D eigenvalue weighted by molar-refractivity contribution is 6.24. The summed E-state index contributed by atoms with van der Waals surface area (Å²) in [5.41, 5.74) is 1.76. The zero-order chi connectivity index (χ0) is 22.1. The van der Waals surface area contributed by atoms with Crippen LogP contribution in [0.3, 0.4) is 0 Å². The van der Waals surface area contributed by atoms with Crippen LogP contribution in [0.25, 0.3) is 11.1 Å². The molecule has 0 unspecified atom stereocenters. The first-order valence-corrected chi connectivity index (χ1v) is 9.68. The van der Waals surface area contributed by atoms with Gasteiger partial charge in [0, 0.05) is 19.8 Å². The average Bonchev–Trinajstić information content (AvgIpc) is 3.08. The Hall–Kier alpha value is -2.98. The number of fused-ring (bicyclic) bond motifs is 1. The van der Waals surface area contributed by atoms with Gasteiger partial charge in [-0.3, -0.25) is 14.9 Å². The Morgan fingerprint density at radius 2 is 1.32 bits per heavy atom. The lowest BCUT2D eigenvalue weighted by molar-refractivity contribution is -0.0205. The first-order valence-electron chi connectivity index (χ1n) is 9.68. The van der Waals surface area contributed by atoms with Gasteiger partial charge in [0.2, 0.25) is 0 Å². The van der Waals surface area contributed by atoms with Gasteiger partial charge in [-0.2, -0.15) is 0 Å². The quantitative estimate of drug-likeness (QED) is 0.293. The van der Waals surface area contributed by atoms with Gasteiger partial charge in [0.1, 0.15) is 0 Å². The third-order valence-electron chi connectivity index (χ3n) is 4.48. The van der Waals surface area contributed by atoms with E-state index in [1.807, 2.05) is 0 Å². The van der Waals surface area contributed by atoms with E-state index in [4.69, 9.17) is 28.4 Å². The molecule has 1 N–H and O–H groups in total. The van der Waals surface area contributed by atoms with Crippen molar-refractivity contribution < 1.29 is 38.0 Å². The van der Waals surface area contributed by atoms with Gasteiger partial charge in [-0.15, -0.1) is 0 Å². The third-order valence-corrected chi connectivity index (χ3v) is 4.48. The zero-order valence-corrected chi connectivity index (χ0v) is 17.5. The van der Waals surface area contributed by atoms with Crippen LogP contribution in [0.4, 0.5) is 0 Å². The molecule has 0 aromatic heterocycles. The molecule has 1 aliphatic rings. The molecule has 9 nitrogen and oxygen atoms in total. The van der Waals surface area contributed by atoms with Crippen LogP contribution in [-0.2, 0) is 18.9 Å². The maximum Gasteiger partial charge on any atom is 0.259 e. The molecule has 31 heavy (non-hydrogen) atoms. The summed E-state index contributed by atoms with van der Waals surface area (Å²) >= 11 is 0. The van der Waals surface area contributed by atoms with Crippen molar-refractivity contribution in [3.8, 4) is 22.6 Å². The lowest BCUT2D eigenvalue weighted by Crippen LogP contribution is -2.20. The fraction of sp³-hybridized carbons (Fsp3) is 0.364. The summed E-state index contributed by atoms with van der Waals surface area (Å²) in [6.45, 7) is 1.53. The smallest absolute Gasteiger partial charge is 0.259 e. The Morgan fingerprint density at radius 3 is 2.03 bits per heavy atom. The summed E-state index contributed by atoms with van der Waals surface area (Å²) in [5, 5.41) is 2.33. The van der Waals surface area contributed by atoms with Crippen molar-refractivity contribution in [3.05, 3.63) is 47.5 Å². The SMILES string of the molecule is COCCOCOc1cccc(-c2cccc3c2C(=O)NC3=O)c1OCOCCOC. The predicted octanol–water partition coefficient (Wildman–Crippen LogP) is 2.24. The monoisotopic (exact) mass is 431 g/mol. The molecule has 2 aromatic rings. The minimum atomic E-state index is -0.452. The van der Waals surface area contributed by atoms with Crippen LogP contribution in [0.1, 0.15) is 20.7 Å². The number of amides is 2. The molecule has 0 radical (unpaired) electrons. The van der Waals surface area contributed by atoms with E-state index in [1.54, 1.807) is 50.6 Å². The third kappa shape index (κ3) is 5.59. The van der Waals surface area contributed by atoms with Crippen LogP contribution in [0.2, 0.25) is 0 Å². The van der Waals surface area contributed by atoms with Crippen molar-refractivity contribution >= 4 is 11.8 Å². The molecule has 0 fully saturated rings. The van der Waals surface area contributed by atoms with Crippen LogP contribution >= 0.6 is 0 Å². The van der Waals surface area contributed by atoms with Gasteiger partial charge in [-0.1, -0.05) is 24.3 Å². The van der Waals surface area contributed by atoms with Crippen LogP contribution in [0, 0.1) is 0 Å². The van der Waals surface area contributed by atoms with Crippen LogP contribution in [0.15, 0.2) is 36.4 Å². The van der Waals surface area contributed by atoms with Crippen molar-refractivity contribution in [2.45, 2.75) is 0 Å². The Labute approximate surface area is 180 Å². The van der Waals surface area contributed by atoms with Crippen molar-refractivity contribution in [1.29, 1.82) is 0 Å². The minimum absolute atomic E-state index is 0.0143. The Balaban J connectivity index is 1.90. The highest BCUT2D eigenvalue weighted by atomic mass is 16.7. The number of carbonyl (C=O) groups is 2. The molecule has 2 aromatic carbocycles. The lowest BCUT2D eigenvalue weighted by atomic mass is 9.95. The van der Waals surface area contributed by atoms with E-state index >= 15 is 0 Å². The van der Waals surface area contributed by atoms with E-state index in [0.717, 1.165) is 0 Å². The van der Waals surface area contributed by atoms with E-state index in [9.17, 15) is 9.59 Å². The number of methoxy groups -OCH3 is 2. The van der Waals surface area contributed by atoms with Crippen LogP contribution in [-0.4, -0.2) is 66.0 Å². The Morgan fingerprint density at radius 1 is 0.710 bits per heavy atom. The number of hydrogen-bond donors (Lipinski definition) is 1. The molecule has 1 aliphatic heterocycles. The number of hydrogen-bond acceptors (Lipinski definition) is 8. The fourth-order valence-corrected chi connectivity index (χ4v) is 3.04. The maximum absolute atomic E-state index is 12.4. The van der Waals surface area contributed by atoms with Gasteiger partial charge in [0.15, 0.2) is 25.1 Å². The molecule has 0 bridgehead atoms. The molecular weight excluding hydrogens is 406 g/mol. The first-order chi connectivity index (χ1) is 15.2. The molecule has 9 heteroatoms. The number of ether oxygens (including phenoxy) is 6. The van der Waals surface area contributed by atoms with Crippen molar-refractivity contribution in [2.75, 3.05) is 54.2 Å². The largest absolute Gasteiger partial charge is 0.464 e. The summed E-state index contributed by atoms with van der Waals surface area (Å²) in [5.74, 6) is -0.0957. The Kier molecular flexibility index (Phi) is 8.36. The number of benzene rings is 2. The van der Waals surface area contributed by atoms with E-state index in [0.29, 0.717) is 60.2 Å². The van der Waals surface area contributed by atoms with Gasteiger partial charge in [-0.05, 0) is 17.7 Å². The summed E-state index contributed by atoms with van der Waals surface area (Å²) in [6, 6.07) is 10.4. The van der Waals surface area contributed by atoms with Gasteiger partial charge in [-0.25, -0.2) is 0 Å². The normalized spacial score (nSPS) is 12.6. The van der Waals surface area contributed by atoms with Crippen molar-refractivity contribution in [3.63, 3.8) is 0 Å². The van der Waals surface area contributed by atoms with E-state index < -0.39 is 11.8 Å². The van der Waals surface area contributed by atoms with Crippen molar-refractivity contribution in [2.24, 2.45) is 0 Å². The highest BCUT2D eigenvalue weighted by Gasteiger charge is 2.30. The maximum atomic E-state index is 12.4.